The summed E-state index contributed by atoms with van der Waals surface area (Å²) in [5, 5.41) is 21.4. The predicted octanol–water partition coefficient (Wildman–Crippen LogP) is 5.42. The molecule has 5 atom stereocenters. The number of ether oxygens (including phenoxy) is 1. The van der Waals surface area contributed by atoms with E-state index in [1.165, 1.54) is 22.3 Å². The van der Waals surface area contributed by atoms with Gasteiger partial charge in [-0.2, -0.15) is 0 Å². The van der Waals surface area contributed by atoms with E-state index in [-0.39, 0.29) is 29.3 Å². The van der Waals surface area contributed by atoms with Crippen LogP contribution in [0.25, 0.3) is 0 Å². The number of hydrogen-bond acceptors (Lipinski definition) is 5. The molecule has 0 radical (unpaired) electrons. The zero-order valence-electron chi connectivity index (χ0n) is 22.3. The minimum Gasteiger partial charge on any atom is -0.475 e. The topological polar surface area (TPSA) is 79.1 Å². The van der Waals surface area contributed by atoms with E-state index in [1.807, 2.05) is 12.2 Å². The average molecular weight is 502 g/mol. The van der Waals surface area contributed by atoms with Gasteiger partial charge >= 0.3 is 0 Å². The van der Waals surface area contributed by atoms with E-state index in [4.69, 9.17) is 9.73 Å². The Balaban J connectivity index is 1.44. The zero-order valence-corrected chi connectivity index (χ0v) is 22.3. The van der Waals surface area contributed by atoms with E-state index in [1.54, 1.807) is 6.08 Å². The number of carbonyl (C=O) groups excluding carboxylic acids is 1. The van der Waals surface area contributed by atoms with Crippen LogP contribution in [0.3, 0.4) is 0 Å². The Kier molecular flexibility index (Phi) is 5.89. The molecular formula is C32H39NO4. The van der Waals surface area contributed by atoms with Gasteiger partial charge in [0.25, 0.3) is 0 Å². The first kappa shape index (κ1) is 24.8. The second-order valence-corrected chi connectivity index (χ2v) is 12.7. The quantitative estimate of drug-likeness (QED) is 0.540. The van der Waals surface area contributed by atoms with E-state index in [9.17, 15) is 15.0 Å². The molecule has 2 N–H and O–H groups in total. The summed E-state index contributed by atoms with van der Waals surface area (Å²) in [7, 11) is 0. The fourth-order valence-electron chi connectivity index (χ4n) is 8.11. The molecule has 0 spiro atoms. The van der Waals surface area contributed by atoms with Crippen molar-refractivity contribution in [3.05, 3.63) is 70.3 Å². The van der Waals surface area contributed by atoms with Gasteiger partial charge < -0.3 is 14.9 Å². The largest absolute Gasteiger partial charge is 0.475 e. The van der Waals surface area contributed by atoms with Gasteiger partial charge in [0.15, 0.2) is 5.78 Å². The number of hydrogen-bond donors (Lipinski definition) is 2. The number of aliphatic imine (C=N–C) groups is 1. The number of allylic oxidation sites excluding steroid dienone is 4. The second kappa shape index (κ2) is 8.78. The summed E-state index contributed by atoms with van der Waals surface area (Å²) < 4.78 is 5.88. The highest BCUT2D eigenvalue weighted by Crippen LogP contribution is 2.67. The lowest BCUT2D eigenvalue weighted by molar-refractivity contribution is -0.114. The summed E-state index contributed by atoms with van der Waals surface area (Å²) in [5.41, 5.74) is 5.03. The Hall–Kier alpha value is -2.50. The Morgan fingerprint density at radius 3 is 2.59 bits per heavy atom. The third-order valence-corrected chi connectivity index (χ3v) is 9.98. The molecule has 2 saturated carbocycles. The molecule has 0 aromatic heterocycles. The van der Waals surface area contributed by atoms with Gasteiger partial charge in [-0.15, -0.1) is 0 Å². The van der Waals surface area contributed by atoms with Crippen LogP contribution in [-0.4, -0.2) is 46.2 Å². The molecular weight excluding hydrogens is 462 g/mol. The molecule has 5 nitrogen and oxygen atoms in total. The Morgan fingerprint density at radius 1 is 1.11 bits per heavy atom. The molecule has 1 aromatic rings. The molecule has 0 bridgehead atoms. The number of rotatable bonds is 4. The zero-order chi connectivity index (χ0) is 26.0. The minimum atomic E-state index is -0.925. The van der Waals surface area contributed by atoms with E-state index >= 15 is 0 Å². The van der Waals surface area contributed by atoms with Crippen molar-refractivity contribution in [1.29, 1.82) is 0 Å². The second-order valence-electron chi connectivity index (χ2n) is 12.7. The molecule has 6 rings (SSSR count). The average Bonchev–Trinajstić information content (AvgIpc) is 3.38. The highest BCUT2D eigenvalue weighted by Gasteiger charge is 2.62. The molecule has 0 unspecified atom stereocenters. The first-order valence-electron chi connectivity index (χ1n) is 13.9. The van der Waals surface area contributed by atoms with Crippen molar-refractivity contribution in [2.75, 3.05) is 13.2 Å². The number of ketones is 1. The molecule has 5 heteroatoms. The van der Waals surface area contributed by atoms with E-state index in [2.05, 4.69) is 45.0 Å². The summed E-state index contributed by atoms with van der Waals surface area (Å²) in [6, 6.07) is 8.69. The third-order valence-electron chi connectivity index (χ3n) is 9.98. The van der Waals surface area contributed by atoms with Crippen LogP contribution in [0, 0.1) is 17.3 Å². The van der Waals surface area contributed by atoms with Crippen LogP contribution >= 0.6 is 0 Å². The van der Waals surface area contributed by atoms with Crippen LogP contribution in [0.2, 0.25) is 0 Å². The van der Waals surface area contributed by atoms with E-state index in [0.717, 1.165) is 44.1 Å². The normalized spacial score (nSPS) is 36.6. The molecule has 0 saturated heterocycles. The van der Waals surface area contributed by atoms with Crippen molar-refractivity contribution in [3.63, 3.8) is 0 Å². The lowest BCUT2D eigenvalue weighted by atomic mass is 9.51. The molecule has 1 heterocycles. The summed E-state index contributed by atoms with van der Waals surface area (Å²) in [5.74, 6) is 1.94. The summed E-state index contributed by atoms with van der Waals surface area (Å²) in [4.78, 5) is 17.0. The van der Waals surface area contributed by atoms with Crippen molar-refractivity contribution in [1.82, 2.24) is 0 Å². The van der Waals surface area contributed by atoms with Gasteiger partial charge in [-0.1, -0.05) is 36.8 Å². The van der Waals surface area contributed by atoms with Crippen LogP contribution in [0.4, 0.5) is 0 Å². The Bertz CT molecular complexity index is 1240. The molecule has 4 aliphatic carbocycles. The maximum atomic E-state index is 12.3. The summed E-state index contributed by atoms with van der Waals surface area (Å²) in [6.45, 7) is 6.97. The smallest absolute Gasteiger partial charge is 0.216 e. The highest BCUT2D eigenvalue weighted by atomic mass is 16.5. The van der Waals surface area contributed by atoms with Crippen LogP contribution in [0.1, 0.15) is 82.8 Å². The number of nitrogens with zero attached hydrogens (tertiary/aromatic N) is 1. The molecule has 5 aliphatic rings. The molecule has 1 aromatic carbocycles. The van der Waals surface area contributed by atoms with Crippen molar-refractivity contribution in [3.8, 4) is 0 Å². The fourth-order valence-corrected chi connectivity index (χ4v) is 8.11. The summed E-state index contributed by atoms with van der Waals surface area (Å²) >= 11 is 0. The van der Waals surface area contributed by atoms with E-state index < -0.39 is 5.60 Å². The van der Waals surface area contributed by atoms with Gasteiger partial charge in [-0.25, -0.2) is 4.99 Å². The Morgan fingerprint density at radius 2 is 1.89 bits per heavy atom. The third kappa shape index (κ3) is 3.97. The first-order chi connectivity index (χ1) is 17.6. The van der Waals surface area contributed by atoms with Gasteiger partial charge in [-0.05, 0) is 99.1 Å². The maximum Gasteiger partial charge on any atom is 0.216 e. The minimum absolute atomic E-state index is 0.0579. The number of carbonyl (C=O) groups is 1. The van der Waals surface area contributed by atoms with Gasteiger partial charge in [0, 0.05) is 23.3 Å². The van der Waals surface area contributed by atoms with Crippen molar-refractivity contribution >= 4 is 11.7 Å². The number of fused-ring (bicyclic) bond motifs is 4. The molecule has 1 aliphatic heterocycles. The van der Waals surface area contributed by atoms with Crippen molar-refractivity contribution in [2.45, 2.75) is 82.8 Å². The lowest BCUT2D eigenvalue weighted by Gasteiger charge is -2.54. The van der Waals surface area contributed by atoms with Gasteiger partial charge in [-0.3, -0.25) is 4.79 Å². The predicted molar refractivity (Wildman–Crippen MR) is 144 cm³/mol. The highest BCUT2D eigenvalue weighted by molar-refractivity contribution is 5.95. The molecule has 196 valence electrons. The van der Waals surface area contributed by atoms with Crippen molar-refractivity contribution < 1.29 is 19.7 Å². The lowest BCUT2D eigenvalue weighted by Crippen LogP contribution is -2.50. The van der Waals surface area contributed by atoms with Gasteiger partial charge in [0.2, 0.25) is 5.90 Å². The molecule has 0 amide bonds. The number of aliphatic hydroxyl groups excluding tert-OH is 1. The molecule has 37 heavy (non-hydrogen) atoms. The molecule has 2 fully saturated rings. The van der Waals surface area contributed by atoms with Crippen LogP contribution in [-0.2, 0) is 9.53 Å². The van der Waals surface area contributed by atoms with Crippen molar-refractivity contribution in [2.24, 2.45) is 22.2 Å². The van der Waals surface area contributed by atoms with Gasteiger partial charge in [0.1, 0.15) is 6.61 Å². The Labute approximate surface area is 220 Å². The van der Waals surface area contributed by atoms with Crippen LogP contribution in [0.15, 0.2) is 64.2 Å². The van der Waals surface area contributed by atoms with Crippen LogP contribution in [0.5, 0.6) is 0 Å². The number of benzene rings is 1. The monoisotopic (exact) mass is 501 g/mol. The SMILES string of the molecule is CC1(C)COC(c2ccc([C@H]3C[C@@]4(C)[C@@H](CC[C@@]4(O)C=CCO)[C@@H]4CCC5=CC(=O)CCC5=C43)cc2)=N1. The first-order valence-corrected chi connectivity index (χ1v) is 13.9. The fraction of sp³-hybridized carbons (Fsp3) is 0.562. The number of aliphatic hydroxyl groups is 2. The van der Waals surface area contributed by atoms with E-state index in [0.29, 0.717) is 30.8 Å². The maximum absolute atomic E-state index is 12.3. The van der Waals surface area contributed by atoms with Crippen LogP contribution < -0.4 is 0 Å². The standard InChI is InChI=1S/C32H39NO4/c1-30(2)19-37-29(33-30)21-7-5-20(6-8-21)26-18-31(3)27(13-15-32(31,36)14-4-16-34)25-11-9-22-17-23(35)10-12-24(22)28(25)26/h4-8,14,17,25-27,34,36H,9-13,15-16,18-19H2,1-3H3/t25-,26+,27-,31-,32-/m0/s1. The van der Waals surface area contributed by atoms with Gasteiger partial charge in [0.05, 0.1) is 17.7 Å². The summed E-state index contributed by atoms with van der Waals surface area (Å²) in [6.07, 6.45) is 11.5.